The number of carbonyl (C=O) groups excluding carboxylic acids is 1. The molecule has 24 heavy (non-hydrogen) atoms. The van der Waals surface area contributed by atoms with E-state index in [4.69, 9.17) is 16.3 Å². The number of aromatic nitrogens is 1. The number of nitrogens with zero attached hydrogens (tertiary/aromatic N) is 3. The molecule has 0 aromatic carbocycles. The Balaban J connectivity index is 1.95. The smallest absolute Gasteiger partial charge is 0.240 e. The summed E-state index contributed by atoms with van der Waals surface area (Å²) in [6.07, 6.45) is 3.81. The fraction of sp³-hybridized carbons (Fsp3) is 0.667. The molecule has 0 radical (unpaired) electrons. The highest BCUT2D eigenvalue weighted by molar-refractivity contribution is 6.30. The predicted octanol–water partition coefficient (Wildman–Crippen LogP) is 2.76. The first-order chi connectivity index (χ1) is 11.3. The fourth-order valence-corrected chi connectivity index (χ4v) is 3.52. The first kappa shape index (κ1) is 19.0. The van der Waals surface area contributed by atoms with Crippen molar-refractivity contribution in [3.63, 3.8) is 0 Å². The second-order valence-corrected chi connectivity index (χ2v) is 7.27. The topological polar surface area (TPSA) is 45.7 Å². The zero-order valence-electron chi connectivity index (χ0n) is 15.3. The molecule has 134 valence electrons. The third-order valence-electron chi connectivity index (χ3n) is 4.92. The molecular weight excluding hydrogens is 326 g/mol. The summed E-state index contributed by atoms with van der Waals surface area (Å²) in [7, 11) is 3.56. The van der Waals surface area contributed by atoms with Crippen molar-refractivity contribution in [2.24, 2.45) is 0 Å². The molecule has 6 heteroatoms. The highest BCUT2D eigenvalue weighted by Gasteiger charge is 2.27. The predicted molar refractivity (Wildman–Crippen MR) is 96.6 cm³/mol. The summed E-state index contributed by atoms with van der Waals surface area (Å²) >= 11 is 5.92. The summed E-state index contributed by atoms with van der Waals surface area (Å²) in [6, 6.07) is 0.275. The number of halogens is 1. The minimum Gasteiger partial charge on any atom is -0.496 e. The van der Waals surface area contributed by atoms with Crippen LogP contribution in [-0.4, -0.2) is 59.4 Å². The third kappa shape index (κ3) is 4.19. The zero-order chi connectivity index (χ0) is 17.9. The van der Waals surface area contributed by atoms with E-state index >= 15 is 0 Å². The molecule has 1 unspecified atom stereocenters. The van der Waals surface area contributed by atoms with Crippen molar-refractivity contribution in [1.29, 1.82) is 0 Å². The summed E-state index contributed by atoms with van der Waals surface area (Å²) in [5.74, 6) is 0.937. The maximum Gasteiger partial charge on any atom is 0.240 e. The quantitative estimate of drug-likeness (QED) is 0.763. The second kappa shape index (κ2) is 8.17. The van der Waals surface area contributed by atoms with Crippen LogP contribution in [0.15, 0.2) is 6.20 Å². The number of pyridine rings is 1. The molecule has 1 amide bonds. The Hall–Kier alpha value is -1.33. The Kier molecular flexibility index (Phi) is 6.47. The minimum absolute atomic E-state index is 0.0101. The number of likely N-dealkylation sites (tertiary alicyclic amines) is 1. The lowest BCUT2D eigenvalue weighted by Gasteiger charge is -2.37. The van der Waals surface area contributed by atoms with Crippen molar-refractivity contribution in [2.45, 2.75) is 51.6 Å². The summed E-state index contributed by atoms with van der Waals surface area (Å²) in [4.78, 5) is 20.8. The van der Waals surface area contributed by atoms with Crippen molar-refractivity contribution in [3.8, 4) is 5.75 Å². The van der Waals surface area contributed by atoms with E-state index < -0.39 is 5.38 Å². The number of methoxy groups -OCH3 is 1. The van der Waals surface area contributed by atoms with Gasteiger partial charge in [-0.3, -0.25) is 14.7 Å². The van der Waals surface area contributed by atoms with Gasteiger partial charge in [0, 0.05) is 50.0 Å². The van der Waals surface area contributed by atoms with Gasteiger partial charge in [-0.25, -0.2) is 0 Å². The Morgan fingerprint density at radius 1 is 1.46 bits per heavy atom. The van der Waals surface area contributed by atoms with Crippen LogP contribution in [0.4, 0.5) is 0 Å². The van der Waals surface area contributed by atoms with Crippen LogP contribution in [0.1, 0.15) is 36.6 Å². The van der Waals surface area contributed by atoms with Gasteiger partial charge >= 0.3 is 0 Å². The van der Waals surface area contributed by atoms with Crippen LogP contribution < -0.4 is 4.74 Å². The third-order valence-corrected chi connectivity index (χ3v) is 5.10. The SMILES string of the molecule is COc1c(C)cnc(CN2CCC(N(C)C(=O)C(C)Cl)CC2)c1C. The molecule has 0 spiro atoms. The molecule has 0 aliphatic carbocycles. The average Bonchev–Trinajstić information content (AvgIpc) is 2.57. The van der Waals surface area contributed by atoms with E-state index in [9.17, 15) is 4.79 Å². The molecule has 1 aliphatic heterocycles. The summed E-state index contributed by atoms with van der Waals surface area (Å²) in [5, 5.41) is -0.458. The van der Waals surface area contributed by atoms with E-state index in [1.165, 1.54) is 0 Å². The lowest BCUT2D eigenvalue weighted by molar-refractivity contribution is -0.132. The van der Waals surface area contributed by atoms with Gasteiger partial charge in [0.2, 0.25) is 5.91 Å². The van der Waals surface area contributed by atoms with Crippen LogP contribution in [-0.2, 0) is 11.3 Å². The Morgan fingerprint density at radius 2 is 2.08 bits per heavy atom. The number of hydrogen-bond acceptors (Lipinski definition) is 4. The van der Waals surface area contributed by atoms with Crippen LogP contribution in [0.3, 0.4) is 0 Å². The summed E-state index contributed by atoms with van der Waals surface area (Å²) in [6.45, 7) is 8.54. The lowest BCUT2D eigenvalue weighted by atomic mass is 10.0. The molecule has 0 saturated carbocycles. The fourth-order valence-electron chi connectivity index (χ4n) is 3.37. The van der Waals surface area contributed by atoms with Gasteiger partial charge in [0.25, 0.3) is 0 Å². The highest BCUT2D eigenvalue weighted by Crippen LogP contribution is 2.26. The van der Waals surface area contributed by atoms with Crippen molar-refractivity contribution < 1.29 is 9.53 Å². The first-order valence-electron chi connectivity index (χ1n) is 8.47. The Labute approximate surface area is 149 Å². The van der Waals surface area contributed by atoms with E-state index in [1.54, 1.807) is 14.0 Å². The van der Waals surface area contributed by atoms with Crippen molar-refractivity contribution in [1.82, 2.24) is 14.8 Å². The summed E-state index contributed by atoms with van der Waals surface area (Å²) in [5.41, 5.74) is 3.24. The van der Waals surface area contributed by atoms with E-state index in [1.807, 2.05) is 25.1 Å². The van der Waals surface area contributed by atoms with Gasteiger partial charge in [-0.15, -0.1) is 11.6 Å². The number of aryl methyl sites for hydroxylation is 1. The second-order valence-electron chi connectivity index (χ2n) is 6.62. The average molecular weight is 354 g/mol. The van der Waals surface area contributed by atoms with Gasteiger partial charge in [0.1, 0.15) is 11.1 Å². The number of rotatable bonds is 5. The van der Waals surface area contributed by atoms with E-state index in [2.05, 4.69) is 16.8 Å². The van der Waals surface area contributed by atoms with Gasteiger partial charge in [-0.05, 0) is 33.6 Å². The number of amides is 1. The van der Waals surface area contributed by atoms with Crippen molar-refractivity contribution >= 4 is 17.5 Å². The minimum atomic E-state index is -0.458. The maximum atomic E-state index is 12.0. The van der Waals surface area contributed by atoms with Gasteiger partial charge < -0.3 is 9.64 Å². The molecular formula is C18H28ClN3O2. The molecule has 1 aromatic heterocycles. The van der Waals surface area contributed by atoms with Crippen LogP contribution in [0.5, 0.6) is 5.75 Å². The number of ether oxygens (including phenoxy) is 1. The maximum absolute atomic E-state index is 12.0. The highest BCUT2D eigenvalue weighted by atomic mass is 35.5. The van der Waals surface area contributed by atoms with Gasteiger partial charge in [0.15, 0.2) is 0 Å². The number of hydrogen-bond donors (Lipinski definition) is 0. The number of alkyl halides is 1. The molecule has 1 fully saturated rings. The Morgan fingerprint density at radius 3 is 2.62 bits per heavy atom. The lowest BCUT2D eigenvalue weighted by Crippen LogP contribution is -2.47. The van der Waals surface area contributed by atoms with E-state index in [0.29, 0.717) is 0 Å². The van der Waals surface area contributed by atoms with Crippen molar-refractivity contribution in [2.75, 3.05) is 27.2 Å². The molecule has 0 N–H and O–H groups in total. The molecule has 2 rings (SSSR count). The molecule has 5 nitrogen and oxygen atoms in total. The number of carbonyl (C=O) groups is 1. The molecule has 1 saturated heterocycles. The summed E-state index contributed by atoms with van der Waals surface area (Å²) < 4.78 is 5.49. The molecule has 0 bridgehead atoms. The monoisotopic (exact) mass is 353 g/mol. The largest absolute Gasteiger partial charge is 0.496 e. The van der Waals surface area contributed by atoms with Gasteiger partial charge in [0.05, 0.1) is 12.8 Å². The standard InChI is InChI=1S/C18H28ClN3O2/c1-12-10-20-16(13(2)17(12)24-5)11-22-8-6-15(7-9-22)21(4)18(23)14(3)19/h10,14-15H,6-9,11H2,1-5H3. The van der Waals surface area contributed by atoms with Crippen LogP contribution in [0.2, 0.25) is 0 Å². The van der Waals surface area contributed by atoms with Crippen LogP contribution >= 0.6 is 11.6 Å². The molecule has 1 aromatic rings. The van der Waals surface area contributed by atoms with Gasteiger partial charge in [-0.2, -0.15) is 0 Å². The van der Waals surface area contributed by atoms with Crippen LogP contribution in [0.25, 0.3) is 0 Å². The van der Waals surface area contributed by atoms with E-state index in [-0.39, 0.29) is 11.9 Å². The Bertz CT molecular complexity index is 584. The molecule has 2 heterocycles. The first-order valence-corrected chi connectivity index (χ1v) is 8.91. The molecule has 1 atom stereocenters. The van der Waals surface area contributed by atoms with Crippen LogP contribution in [0, 0.1) is 13.8 Å². The number of piperidine rings is 1. The normalized spacial score (nSPS) is 17.6. The van der Waals surface area contributed by atoms with Crippen molar-refractivity contribution in [3.05, 3.63) is 23.0 Å². The molecule has 1 aliphatic rings. The van der Waals surface area contributed by atoms with Gasteiger partial charge in [-0.1, -0.05) is 0 Å². The van der Waals surface area contributed by atoms with E-state index in [0.717, 1.165) is 55.0 Å². The zero-order valence-corrected chi connectivity index (χ0v) is 16.1.